The number of hydrogen-bond donors (Lipinski definition) is 1. The predicted molar refractivity (Wildman–Crippen MR) is 83.1 cm³/mol. The molecule has 0 atom stereocenters. The van der Waals surface area contributed by atoms with E-state index < -0.39 is 0 Å². The highest BCUT2D eigenvalue weighted by molar-refractivity contribution is 9.10. The molecular formula is C14H13BrClN3O. The number of nitrogens with zero attached hydrogens (tertiary/aromatic N) is 2. The van der Waals surface area contributed by atoms with Gasteiger partial charge in [-0.25, -0.2) is 9.97 Å². The molecule has 104 valence electrons. The van der Waals surface area contributed by atoms with Crippen molar-refractivity contribution in [1.29, 1.82) is 0 Å². The van der Waals surface area contributed by atoms with Gasteiger partial charge in [-0.2, -0.15) is 0 Å². The summed E-state index contributed by atoms with van der Waals surface area (Å²) in [7, 11) is 1.58. The van der Waals surface area contributed by atoms with E-state index in [1.807, 2.05) is 6.07 Å². The Morgan fingerprint density at radius 2 is 2.10 bits per heavy atom. The van der Waals surface area contributed by atoms with Gasteiger partial charge in [-0.3, -0.25) is 0 Å². The second-order valence-corrected chi connectivity index (χ2v) is 5.96. The lowest BCUT2D eigenvalue weighted by Crippen LogP contribution is -2.02. The molecule has 0 aliphatic heterocycles. The molecule has 0 amide bonds. The minimum absolute atomic E-state index is 0.462. The highest BCUT2D eigenvalue weighted by Gasteiger charge is 2.29. The summed E-state index contributed by atoms with van der Waals surface area (Å²) < 4.78 is 5.95. The van der Waals surface area contributed by atoms with Crippen molar-refractivity contribution >= 4 is 33.3 Å². The number of aromatic nitrogens is 2. The predicted octanol–water partition coefficient (Wildman–Crippen LogP) is 4.03. The molecule has 1 fully saturated rings. The fourth-order valence-electron chi connectivity index (χ4n) is 2.04. The first-order valence-corrected chi connectivity index (χ1v) is 7.44. The van der Waals surface area contributed by atoms with Crippen molar-refractivity contribution in [2.45, 2.75) is 18.8 Å². The van der Waals surface area contributed by atoms with Crippen LogP contribution >= 0.6 is 27.5 Å². The summed E-state index contributed by atoms with van der Waals surface area (Å²) in [4.78, 5) is 8.96. The van der Waals surface area contributed by atoms with Gasteiger partial charge in [0.25, 0.3) is 0 Å². The van der Waals surface area contributed by atoms with E-state index in [1.54, 1.807) is 19.2 Å². The van der Waals surface area contributed by atoms with Gasteiger partial charge in [-0.1, -0.05) is 11.6 Å². The standard InChI is InChI=1S/C14H13BrClN3O/c1-20-10-5-4-8(6-9(10)16)14-18-12(7-2-3-7)11(15)13(17)19-14/h4-7H,2-3H2,1H3,(H2,17,18,19). The average molecular weight is 355 g/mol. The maximum atomic E-state index is 6.14. The molecule has 1 saturated carbocycles. The summed E-state index contributed by atoms with van der Waals surface area (Å²) in [5.41, 5.74) is 7.78. The largest absolute Gasteiger partial charge is 0.495 e. The Balaban J connectivity index is 2.07. The molecule has 3 rings (SSSR count). The SMILES string of the molecule is COc1ccc(-c2nc(N)c(Br)c(C3CC3)n2)cc1Cl. The van der Waals surface area contributed by atoms with Crippen LogP contribution in [-0.2, 0) is 0 Å². The Labute approximate surface area is 130 Å². The topological polar surface area (TPSA) is 61.0 Å². The van der Waals surface area contributed by atoms with Crippen molar-refractivity contribution in [2.75, 3.05) is 12.8 Å². The van der Waals surface area contributed by atoms with E-state index in [4.69, 9.17) is 22.1 Å². The summed E-state index contributed by atoms with van der Waals surface area (Å²) >= 11 is 9.61. The fourth-order valence-corrected chi connectivity index (χ4v) is 2.80. The van der Waals surface area contributed by atoms with Crippen molar-refractivity contribution in [2.24, 2.45) is 0 Å². The second kappa shape index (κ2) is 5.22. The third kappa shape index (κ3) is 2.47. The summed E-state index contributed by atoms with van der Waals surface area (Å²) in [6.45, 7) is 0. The van der Waals surface area contributed by atoms with Crippen molar-refractivity contribution < 1.29 is 4.74 Å². The number of ether oxygens (including phenoxy) is 1. The molecular weight excluding hydrogens is 342 g/mol. The van der Waals surface area contributed by atoms with E-state index in [-0.39, 0.29) is 0 Å². The van der Waals surface area contributed by atoms with Crippen LogP contribution in [0.25, 0.3) is 11.4 Å². The van der Waals surface area contributed by atoms with Crippen LogP contribution in [0.15, 0.2) is 22.7 Å². The van der Waals surface area contributed by atoms with Crippen molar-refractivity contribution in [1.82, 2.24) is 9.97 Å². The number of methoxy groups -OCH3 is 1. The Morgan fingerprint density at radius 3 is 2.70 bits per heavy atom. The van der Waals surface area contributed by atoms with Crippen LogP contribution in [0.1, 0.15) is 24.5 Å². The van der Waals surface area contributed by atoms with Crippen LogP contribution in [0.2, 0.25) is 5.02 Å². The molecule has 2 aromatic rings. The molecule has 0 saturated heterocycles. The number of nitrogens with two attached hydrogens (primary N) is 1. The highest BCUT2D eigenvalue weighted by atomic mass is 79.9. The van der Waals surface area contributed by atoms with Gasteiger partial charge in [0.1, 0.15) is 11.6 Å². The molecule has 1 aliphatic rings. The van der Waals surface area contributed by atoms with E-state index in [0.717, 1.165) is 28.6 Å². The maximum absolute atomic E-state index is 6.14. The zero-order chi connectivity index (χ0) is 14.3. The molecule has 20 heavy (non-hydrogen) atoms. The molecule has 1 aromatic heterocycles. The smallest absolute Gasteiger partial charge is 0.161 e. The zero-order valence-electron chi connectivity index (χ0n) is 10.9. The molecule has 1 aromatic carbocycles. The number of hydrogen-bond acceptors (Lipinski definition) is 4. The molecule has 6 heteroatoms. The van der Waals surface area contributed by atoms with E-state index in [2.05, 4.69) is 25.9 Å². The number of rotatable bonds is 3. The van der Waals surface area contributed by atoms with Crippen LogP contribution in [0.5, 0.6) is 5.75 Å². The van der Waals surface area contributed by atoms with Crippen molar-refractivity contribution in [3.63, 3.8) is 0 Å². The maximum Gasteiger partial charge on any atom is 0.161 e. The van der Waals surface area contributed by atoms with Gasteiger partial charge >= 0.3 is 0 Å². The first kappa shape index (κ1) is 13.6. The molecule has 0 bridgehead atoms. The molecule has 0 radical (unpaired) electrons. The van der Waals surface area contributed by atoms with Crippen LogP contribution < -0.4 is 10.5 Å². The van der Waals surface area contributed by atoms with Crippen molar-refractivity contribution in [3.05, 3.63) is 33.4 Å². The van der Waals surface area contributed by atoms with Gasteiger partial charge in [0.15, 0.2) is 5.82 Å². The quantitative estimate of drug-likeness (QED) is 0.904. The molecule has 4 nitrogen and oxygen atoms in total. The Bertz CT molecular complexity index is 674. The van der Waals surface area contributed by atoms with Gasteiger partial charge < -0.3 is 10.5 Å². The van der Waals surface area contributed by atoms with Gasteiger partial charge in [0.05, 0.1) is 22.3 Å². The van der Waals surface area contributed by atoms with Gasteiger partial charge in [-0.05, 0) is 47.0 Å². The average Bonchev–Trinajstić information content (AvgIpc) is 3.26. The third-order valence-corrected chi connectivity index (χ3v) is 4.38. The van der Waals surface area contributed by atoms with E-state index >= 15 is 0 Å². The van der Waals surface area contributed by atoms with Gasteiger partial charge in [0, 0.05) is 11.5 Å². The minimum Gasteiger partial charge on any atom is -0.495 e. The number of benzene rings is 1. The van der Waals surface area contributed by atoms with Crippen LogP contribution in [0.3, 0.4) is 0 Å². The molecule has 0 unspecified atom stereocenters. The van der Waals surface area contributed by atoms with Gasteiger partial charge in [0.2, 0.25) is 0 Å². The molecule has 2 N–H and O–H groups in total. The van der Waals surface area contributed by atoms with Crippen LogP contribution in [0, 0.1) is 0 Å². The fraction of sp³-hybridized carbons (Fsp3) is 0.286. The lowest BCUT2D eigenvalue weighted by atomic mass is 10.2. The third-order valence-electron chi connectivity index (χ3n) is 3.28. The van der Waals surface area contributed by atoms with Crippen LogP contribution in [0.4, 0.5) is 5.82 Å². The van der Waals surface area contributed by atoms with E-state index in [0.29, 0.717) is 28.3 Å². The first-order valence-electron chi connectivity index (χ1n) is 6.27. The molecule has 1 aliphatic carbocycles. The highest BCUT2D eigenvalue weighted by Crippen LogP contribution is 2.44. The van der Waals surface area contributed by atoms with Gasteiger partial charge in [-0.15, -0.1) is 0 Å². The first-order chi connectivity index (χ1) is 9.60. The number of nitrogen functional groups attached to an aromatic ring is 1. The monoisotopic (exact) mass is 353 g/mol. The summed E-state index contributed by atoms with van der Waals surface area (Å²) in [5, 5.41) is 0.531. The summed E-state index contributed by atoms with van der Waals surface area (Å²) in [6, 6.07) is 5.47. The Hall–Kier alpha value is -1.33. The lowest BCUT2D eigenvalue weighted by molar-refractivity contribution is 0.415. The van der Waals surface area contributed by atoms with Crippen molar-refractivity contribution in [3.8, 4) is 17.1 Å². The van der Waals surface area contributed by atoms with Crippen LogP contribution in [-0.4, -0.2) is 17.1 Å². The zero-order valence-corrected chi connectivity index (χ0v) is 13.2. The van der Waals surface area contributed by atoms with E-state index in [9.17, 15) is 0 Å². The van der Waals surface area contributed by atoms with E-state index in [1.165, 1.54) is 0 Å². The minimum atomic E-state index is 0.462. The Morgan fingerprint density at radius 1 is 1.35 bits per heavy atom. The second-order valence-electron chi connectivity index (χ2n) is 4.76. The molecule has 0 spiro atoms. The number of halogens is 2. The normalized spacial score (nSPS) is 14.3. The Kier molecular flexibility index (Phi) is 3.56. The lowest BCUT2D eigenvalue weighted by Gasteiger charge is -2.09. The summed E-state index contributed by atoms with van der Waals surface area (Å²) in [6.07, 6.45) is 2.30. The number of anilines is 1. The molecule has 1 heterocycles. The summed E-state index contributed by atoms with van der Waals surface area (Å²) in [5.74, 6) is 2.17.